The Morgan fingerprint density at radius 3 is 2.50 bits per heavy atom. The lowest BCUT2D eigenvalue weighted by Crippen LogP contribution is -3.00. The fourth-order valence-corrected chi connectivity index (χ4v) is 2.74. The Morgan fingerprint density at radius 1 is 0.955 bits per heavy atom. The number of para-hydroxylation sites is 1. The molecule has 0 spiro atoms. The maximum Gasteiger partial charge on any atom is 0.241 e. The highest BCUT2D eigenvalue weighted by molar-refractivity contribution is 5.96. The van der Waals surface area contributed by atoms with Crippen molar-refractivity contribution in [1.29, 1.82) is 0 Å². The van der Waals surface area contributed by atoms with E-state index in [1.807, 2.05) is 12.1 Å². The SMILES string of the molecule is COc1ccc(C2=C[n+]3cccc4cccc(c43)N2)cc1.[Br-]. The van der Waals surface area contributed by atoms with Gasteiger partial charge in [0.25, 0.3) is 0 Å². The molecule has 1 N–H and O–H groups in total. The van der Waals surface area contributed by atoms with Gasteiger partial charge in [-0.3, -0.25) is 0 Å². The molecule has 110 valence electrons. The second kappa shape index (κ2) is 5.81. The van der Waals surface area contributed by atoms with Crippen LogP contribution in [0.15, 0.2) is 60.8 Å². The number of hydrogen-bond donors (Lipinski definition) is 1. The lowest BCUT2D eigenvalue weighted by atomic mass is 10.1. The third kappa shape index (κ3) is 2.35. The predicted octanol–water partition coefficient (Wildman–Crippen LogP) is 0.521. The topological polar surface area (TPSA) is 25.1 Å². The predicted molar refractivity (Wildman–Crippen MR) is 84.9 cm³/mol. The number of ether oxygens (including phenoxy) is 1. The normalized spacial score (nSPS) is 12.1. The maximum atomic E-state index is 5.21. The summed E-state index contributed by atoms with van der Waals surface area (Å²) in [4.78, 5) is 0. The standard InChI is InChI=1S/C18H15N2O.BrH/c1-21-15-9-7-13(8-10-15)17-12-20-11-3-5-14-4-2-6-16(19-17)18(14)20;/h2-12,19H,1H3;1H/q+1;/p-1. The molecule has 0 fully saturated rings. The number of anilines is 1. The first-order valence-electron chi connectivity index (χ1n) is 6.91. The molecular weight excluding hydrogens is 340 g/mol. The summed E-state index contributed by atoms with van der Waals surface area (Å²) in [5.74, 6) is 0.866. The average Bonchev–Trinajstić information content (AvgIpc) is 2.55. The van der Waals surface area contributed by atoms with Crippen molar-refractivity contribution in [1.82, 2.24) is 0 Å². The first-order chi connectivity index (χ1) is 10.3. The molecule has 0 atom stereocenters. The van der Waals surface area contributed by atoms with Crippen molar-refractivity contribution in [2.45, 2.75) is 0 Å². The minimum absolute atomic E-state index is 0. The third-order valence-corrected chi connectivity index (χ3v) is 3.79. The van der Waals surface area contributed by atoms with E-state index in [1.165, 1.54) is 10.9 Å². The van der Waals surface area contributed by atoms with Gasteiger partial charge in [0.2, 0.25) is 5.52 Å². The summed E-state index contributed by atoms with van der Waals surface area (Å²) in [6, 6.07) is 18.6. The highest BCUT2D eigenvalue weighted by Crippen LogP contribution is 2.28. The van der Waals surface area contributed by atoms with Gasteiger partial charge in [0.15, 0.2) is 12.4 Å². The summed E-state index contributed by atoms with van der Waals surface area (Å²) in [6.45, 7) is 0. The third-order valence-electron chi connectivity index (χ3n) is 3.79. The fourth-order valence-electron chi connectivity index (χ4n) is 2.74. The van der Waals surface area contributed by atoms with Crippen molar-refractivity contribution in [3.8, 4) is 5.75 Å². The van der Waals surface area contributed by atoms with Crippen molar-refractivity contribution in [3.63, 3.8) is 0 Å². The molecule has 0 saturated heterocycles. The number of halogens is 1. The Labute approximate surface area is 139 Å². The lowest BCUT2D eigenvalue weighted by Gasteiger charge is -2.15. The summed E-state index contributed by atoms with van der Waals surface area (Å²) in [5.41, 5.74) is 4.54. The molecule has 1 aromatic heterocycles. The van der Waals surface area contributed by atoms with Gasteiger partial charge in [0.1, 0.15) is 17.1 Å². The molecule has 0 saturated carbocycles. The van der Waals surface area contributed by atoms with E-state index in [4.69, 9.17) is 4.74 Å². The van der Waals surface area contributed by atoms with E-state index < -0.39 is 0 Å². The van der Waals surface area contributed by atoms with Crippen molar-refractivity contribution in [3.05, 3.63) is 66.4 Å². The smallest absolute Gasteiger partial charge is 0.241 e. The van der Waals surface area contributed by atoms with Crippen LogP contribution in [0.4, 0.5) is 5.69 Å². The number of benzene rings is 2. The van der Waals surface area contributed by atoms with E-state index in [0.29, 0.717) is 0 Å². The number of pyridine rings is 1. The van der Waals surface area contributed by atoms with Gasteiger partial charge in [0.05, 0.1) is 7.11 Å². The molecule has 0 radical (unpaired) electrons. The van der Waals surface area contributed by atoms with E-state index in [2.05, 4.69) is 64.7 Å². The van der Waals surface area contributed by atoms with Gasteiger partial charge in [0, 0.05) is 17.0 Å². The molecule has 3 nitrogen and oxygen atoms in total. The van der Waals surface area contributed by atoms with Crippen molar-refractivity contribution in [2.24, 2.45) is 0 Å². The molecule has 0 unspecified atom stereocenters. The average molecular weight is 355 g/mol. The Morgan fingerprint density at radius 2 is 1.73 bits per heavy atom. The molecular formula is C18H15BrN2O. The number of aromatic nitrogens is 1. The highest BCUT2D eigenvalue weighted by atomic mass is 79.9. The molecule has 4 heteroatoms. The Hall–Kier alpha value is -2.33. The van der Waals surface area contributed by atoms with Crippen LogP contribution in [0, 0.1) is 0 Å². The van der Waals surface area contributed by atoms with Gasteiger partial charge in [-0.2, -0.15) is 4.57 Å². The molecule has 1 aliphatic heterocycles. The van der Waals surface area contributed by atoms with E-state index in [9.17, 15) is 0 Å². The van der Waals surface area contributed by atoms with E-state index in [0.717, 1.165) is 22.7 Å². The lowest BCUT2D eigenvalue weighted by molar-refractivity contribution is -0.538. The zero-order valence-electron chi connectivity index (χ0n) is 12.1. The number of rotatable bonds is 2. The second-order valence-electron chi connectivity index (χ2n) is 5.06. The van der Waals surface area contributed by atoms with Gasteiger partial charge in [-0.1, -0.05) is 6.07 Å². The monoisotopic (exact) mass is 354 g/mol. The van der Waals surface area contributed by atoms with Crippen LogP contribution in [-0.2, 0) is 0 Å². The number of nitrogens with zero attached hydrogens (tertiary/aromatic N) is 1. The van der Waals surface area contributed by atoms with Crippen LogP contribution in [0.2, 0.25) is 0 Å². The highest BCUT2D eigenvalue weighted by Gasteiger charge is 2.20. The van der Waals surface area contributed by atoms with Gasteiger partial charge in [-0.05, 0) is 42.5 Å². The van der Waals surface area contributed by atoms with Crippen LogP contribution >= 0.6 is 0 Å². The Kier molecular flexibility index (Phi) is 3.86. The van der Waals surface area contributed by atoms with E-state index >= 15 is 0 Å². The van der Waals surface area contributed by atoms with Gasteiger partial charge in [-0.15, -0.1) is 0 Å². The molecule has 4 rings (SSSR count). The largest absolute Gasteiger partial charge is 1.00 e. The zero-order valence-corrected chi connectivity index (χ0v) is 13.7. The summed E-state index contributed by atoms with van der Waals surface area (Å²) in [5, 5.41) is 4.74. The van der Waals surface area contributed by atoms with Crippen LogP contribution in [0.1, 0.15) is 5.56 Å². The molecule has 0 bridgehead atoms. The number of nitrogens with one attached hydrogen (secondary N) is 1. The summed E-state index contributed by atoms with van der Waals surface area (Å²) >= 11 is 0. The molecule has 3 aromatic rings. The molecule has 0 aliphatic carbocycles. The van der Waals surface area contributed by atoms with Gasteiger partial charge >= 0.3 is 0 Å². The van der Waals surface area contributed by atoms with Crippen molar-refractivity contribution >= 4 is 28.5 Å². The summed E-state index contributed by atoms with van der Waals surface area (Å²) in [6.07, 6.45) is 4.20. The van der Waals surface area contributed by atoms with Crippen LogP contribution in [0.5, 0.6) is 5.75 Å². The maximum absolute atomic E-state index is 5.21. The first kappa shape index (κ1) is 14.6. The number of hydrogen-bond acceptors (Lipinski definition) is 2. The molecule has 22 heavy (non-hydrogen) atoms. The van der Waals surface area contributed by atoms with E-state index in [-0.39, 0.29) is 17.0 Å². The van der Waals surface area contributed by atoms with Crippen molar-refractivity contribution < 1.29 is 26.3 Å². The van der Waals surface area contributed by atoms with E-state index in [1.54, 1.807) is 7.11 Å². The fraction of sp³-hybridized carbons (Fsp3) is 0.0556. The number of methoxy groups -OCH3 is 1. The second-order valence-corrected chi connectivity index (χ2v) is 5.06. The molecule has 0 amide bonds. The van der Waals surface area contributed by atoms with Crippen LogP contribution in [0.25, 0.3) is 22.8 Å². The van der Waals surface area contributed by atoms with Gasteiger partial charge < -0.3 is 27.0 Å². The van der Waals surface area contributed by atoms with Crippen LogP contribution < -0.4 is 31.6 Å². The summed E-state index contributed by atoms with van der Waals surface area (Å²) in [7, 11) is 1.68. The van der Waals surface area contributed by atoms with Crippen LogP contribution in [-0.4, -0.2) is 7.11 Å². The minimum atomic E-state index is 0. The summed E-state index contributed by atoms with van der Waals surface area (Å²) < 4.78 is 7.38. The quantitative estimate of drug-likeness (QED) is 0.679. The Balaban J connectivity index is 0.00000144. The van der Waals surface area contributed by atoms with Gasteiger partial charge in [-0.25, -0.2) is 0 Å². The Bertz CT molecular complexity index is 851. The molecule has 1 aliphatic rings. The van der Waals surface area contributed by atoms with Crippen molar-refractivity contribution in [2.75, 3.05) is 12.4 Å². The zero-order chi connectivity index (χ0) is 14.2. The molecule has 2 heterocycles. The van der Waals surface area contributed by atoms with Crippen LogP contribution in [0.3, 0.4) is 0 Å². The first-order valence-corrected chi connectivity index (χ1v) is 6.91. The minimum Gasteiger partial charge on any atom is -1.00 e. The molecule has 2 aromatic carbocycles.